The third-order valence-corrected chi connectivity index (χ3v) is 17.7. The summed E-state index contributed by atoms with van der Waals surface area (Å²) in [6.07, 6.45) is 9.41. The summed E-state index contributed by atoms with van der Waals surface area (Å²) in [4.78, 5) is 0. The van der Waals surface area contributed by atoms with Gasteiger partial charge < -0.3 is 94.7 Å². The minimum Gasteiger partial charge on any atom is -0.494 e. The van der Waals surface area contributed by atoms with Crippen LogP contribution < -0.4 is 18.9 Å². The number of methoxy groups -OCH3 is 4. The molecule has 0 amide bonds. The Balaban J connectivity index is 1.43. The van der Waals surface area contributed by atoms with Crippen LogP contribution >= 0.6 is 0 Å². The maximum Gasteiger partial charge on any atom is 0.119 e. The highest BCUT2D eigenvalue weighted by atomic mass is 16.6. The second kappa shape index (κ2) is 66.0. The number of hydrogen-bond donors (Lipinski definition) is 0. The minimum atomic E-state index is -0.0840. The molecule has 630 valence electrons. The van der Waals surface area contributed by atoms with Crippen LogP contribution in [0, 0.1) is 82.9 Å². The van der Waals surface area contributed by atoms with Crippen molar-refractivity contribution >= 4 is 0 Å². The van der Waals surface area contributed by atoms with Crippen molar-refractivity contribution < 1.29 is 94.7 Å². The fraction of sp³-hybridized carbons (Fsp3) is 0.596. The molecule has 20 heteroatoms. The zero-order valence-electron chi connectivity index (χ0n) is 70.3. The van der Waals surface area contributed by atoms with E-state index in [-0.39, 0.29) is 11.8 Å². The van der Waals surface area contributed by atoms with Gasteiger partial charge in [-0.3, -0.25) is 0 Å². The van der Waals surface area contributed by atoms with Crippen LogP contribution in [0.1, 0.15) is 137 Å². The molecule has 0 fully saturated rings. The molecule has 5 aromatic rings. The largest absolute Gasteiger partial charge is 0.494 e. The summed E-state index contributed by atoms with van der Waals surface area (Å²) in [5.41, 5.74) is 5.94. The van der Waals surface area contributed by atoms with Crippen LogP contribution in [-0.2, 0) is 75.8 Å². The summed E-state index contributed by atoms with van der Waals surface area (Å²) < 4.78 is 115. The van der Waals surface area contributed by atoms with E-state index in [0.29, 0.717) is 257 Å². The second-order valence-electron chi connectivity index (χ2n) is 28.7. The first kappa shape index (κ1) is 97.5. The van der Waals surface area contributed by atoms with Gasteiger partial charge in [-0.2, -0.15) is 0 Å². The van der Waals surface area contributed by atoms with Gasteiger partial charge in [0.1, 0.15) is 23.0 Å². The van der Waals surface area contributed by atoms with Gasteiger partial charge in [0.05, 0.1) is 211 Å². The molecule has 5 aromatic carbocycles. The van der Waals surface area contributed by atoms with Crippen molar-refractivity contribution in [3.05, 3.63) is 154 Å². The van der Waals surface area contributed by atoms with Crippen LogP contribution in [0.25, 0.3) is 0 Å². The first-order valence-corrected chi connectivity index (χ1v) is 41.0. The molecule has 0 bridgehead atoms. The molecule has 0 saturated carbocycles. The van der Waals surface area contributed by atoms with Crippen LogP contribution in [0.15, 0.2) is 109 Å². The highest BCUT2D eigenvalue weighted by Crippen LogP contribution is 2.23. The van der Waals surface area contributed by atoms with E-state index >= 15 is 0 Å². The van der Waals surface area contributed by atoms with E-state index in [0.717, 1.165) is 58.4 Å². The average molecular weight is 1580 g/mol. The molecule has 114 heavy (non-hydrogen) atoms. The lowest BCUT2D eigenvalue weighted by Crippen LogP contribution is -2.25. The summed E-state index contributed by atoms with van der Waals surface area (Å²) in [6.45, 7) is 28.8. The zero-order chi connectivity index (χ0) is 81.2. The Labute approximate surface area is 683 Å². The average Bonchev–Trinajstić information content (AvgIpc) is 0.816. The first-order valence-electron chi connectivity index (χ1n) is 41.0. The topological polar surface area (TPSA) is 185 Å². The van der Waals surface area contributed by atoms with Gasteiger partial charge in [0, 0.05) is 84.8 Å². The van der Waals surface area contributed by atoms with Crippen LogP contribution in [-0.4, -0.2) is 240 Å². The molecule has 0 spiro atoms. The first-order chi connectivity index (χ1) is 55.9. The monoisotopic (exact) mass is 1580 g/mol. The molecule has 0 aliphatic carbocycles. The summed E-state index contributed by atoms with van der Waals surface area (Å²) >= 11 is 0. The van der Waals surface area contributed by atoms with Crippen molar-refractivity contribution in [2.24, 2.45) is 35.5 Å². The van der Waals surface area contributed by atoms with E-state index in [1.165, 1.54) is 38.5 Å². The Hall–Kier alpha value is -7.10. The summed E-state index contributed by atoms with van der Waals surface area (Å²) in [6, 6.07) is 35.4. The summed E-state index contributed by atoms with van der Waals surface area (Å²) in [5.74, 6) is 33.2. The maximum atomic E-state index is 6.39. The standard InChI is InChI=1S/C94H134O20/c1-77(2)13-11-15-79(5)41-43-111-91-33-21-81(22-34-91)17-29-87-69-89(31-19-83-25-37-93(38-26-83)113-75-85(71-107-65-61-103-57-53-99-49-45-95-7)72-108-66-62-104-58-54-100-50-46-96-8)90(70-88(87)30-18-82-23-35-92(36-24-82)112-44-42-80(6)16-12-14-78(3)4)32-20-84-27-39-94(40-28-84)114-76-86(73-109-67-63-105-59-55-101-51-47-97-9)74-110-68-64-106-60-56-102-52-48-98-10/h21-28,33-40,69-70,77-80,85-86H,11-16,41-68,71-76H2,1-10H3/t79-,80-/m0/s1. The van der Waals surface area contributed by atoms with Gasteiger partial charge in [0.2, 0.25) is 0 Å². The Kier molecular flexibility index (Phi) is 56.4. The minimum absolute atomic E-state index is 0.0840. The Morgan fingerprint density at radius 2 is 0.439 bits per heavy atom. The molecule has 0 aromatic heterocycles. The SMILES string of the molecule is COCCOCCOCCOCC(COCCOCCOCCOC)COc1ccc(C#Cc2cc(C#Cc3ccc(OCC[C@@H](C)CCCC(C)C)cc3)c(C#Cc3ccc(OCC[C@@H](C)CCCC(C)C)cc3)cc2C#Cc2ccc(OCC(COCCOCCOCCOC)COCCOCCOCCOC)cc2)cc1. The molecule has 0 saturated heterocycles. The molecular weight excluding hydrogens is 1450 g/mol. The highest BCUT2D eigenvalue weighted by molar-refractivity contribution is 5.64. The molecule has 20 nitrogen and oxygen atoms in total. The lowest BCUT2D eigenvalue weighted by Gasteiger charge is -2.18. The highest BCUT2D eigenvalue weighted by Gasteiger charge is 2.16. The van der Waals surface area contributed by atoms with E-state index < -0.39 is 0 Å². The van der Waals surface area contributed by atoms with E-state index in [4.69, 9.17) is 94.7 Å². The molecule has 2 atom stereocenters. The van der Waals surface area contributed by atoms with Gasteiger partial charge in [0.25, 0.3) is 0 Å². The maximum absolute atomic E-state index is 6.39. The zero-order valence-corrected chi connectivity index (χ0v) is 70.3. The molecule has 0 unspecified atom stereocenters. The molecule has 0 heterocycles. The fourth-order valence-corrected chi connectivity index (χ4v) is 10.9. The third kappa shape index (κ3) is 49.7. The van der Waals surface area contributed by atoms with Crippen LogP contribution in [0.2, 0.25) is 0 Å². The van der Waals surface area contributed by atoms with Gasteiger partial charge in [-0.1, -0.05) is 127 Å². The Bertz CT molecular complexity index is 3170. The summed E-state index contributed by atoms with van der Waals surface area (Å²) in [5, 5.41) is 0. The number of hydrogen-bond acceptors (Lipinski definition) is 20. The van der Waals surface area contributed by atoms with E-state index in [9.17, 15) is 0 Å². The molecule has 0 aliphatic heterocycles. The van der Waals surface area contributed by atoms with Gasteiger partial charge in [-0.25, -0.2) is 0 Å². The van der Waals surface area contributed by atoms with Crippen molar-refractivity contribution in [3.8, 4) is 70.4 Å². The predicted octanol–water partition coefficient (Wildman–Crippen LogP) is 14.5. The van der Waals surface area contributed by atoms with Gasteiger partial charge >= 0.3 is 0 Å². The Morgan fingerprint density at radius 1 is 0.219 bits per heavy atom. The number of benzene rings is 5. The van der Waals surface area contributed by atoms with Gasteiger partial charge in [-0.05, 0) is 146 Å². The van der Waals surface area contributed by atoms with E-state index in [1.807, 2.05) is 109 Å². The second-order valence-corrected chi connectivity index (χ2v) is 28.7. The van der Waals surface area contributed by atoms with Crippen molar-refractivity contribution in [1.29, 1.82) is 0 Å². The molecule has 5 rings (SSSR count). The van der Waals surface area contributed by atoms with Crippen LogP contribution in [0.4, 0.5) is 0 Å². The quantitative estimate of drug-likeness (QED) is 0.0264. The molecule has 0 aliphatic rings. The van der Waals surface area contributed by atoms with E-state index in [2.05, 4.69) is 88.9 Å². The molecular formula is C94H134O20. The fourth-order valence-electron chi connectivity index (χ4n) is 10.9. The predicted molar refractivity (Wildman–Crippen MR) is 447 cm³/mol. The van der Waals surface area contributed by atoms with Crippen molar-refractivity contribution in [2.45, 2.75) is 92.9 Å². The summed E-state index contributed by atoms with van der Waals surface area (Å²) in [7, 11) is 6.59. The van der Waals surface area contributed by atoms with Gasteiger partial charge in [0.15, 0.2) is 0 Å². The number of rotatable bonds is 66. The van der Waals surface area contributed by atoms with Crippen LogP contribution in [0.3, 0.4) is 0 Å². The lowest BCUT2D eigenvalue weighted by atomic mass is 9.97. The Morgan fingerprint density at radius 3 is 0.667 bits per heavy atom. The smallest absolute Gasteiger partial charge is 0.119 e. The van der Waals surface area contributed by atoms with Gasteiger partial charge in [-0.15, -0.1) is 0 Å². The van der Waals surface area contributed by atoms with Crippen molar-refractivity contribution in [2.75, 3.05) is 240 Å². The van der Waals surface area contributed by atoms with Crippen molar-refractivity contribution in [1.82, 2.24) is 0 Å². The van der Waals surface area contributed by atoms with E-state index in [1.54, 1.807) is 28.4 Å². The normalized spacial score (nSPS) is 11.8. The number of ether oxygens (including phenoxy) is 20. The van der Waals surface area contributed by atoms with Crippen LogP contribution in [0.5, 0.6) is 23.0 Å². The lowest BCUT2D eigenvalue weighted by molar-refractivity contribution is -0.0276. The van der Waals surface area contributed by atoms with Crippen molar-refractivity contribution in [3.63, 3.8) is 0 Å². The molecule has 0 radical (unpaired) electrons. The third-order valence-electron chi connectivity index (χ3n) is 17.7. The molecule has 0 N–H and O–H groups in total.